The van der Waals surface area contributed by atoms with E-state index in [2.05, 4.69) is 11.3 Å². The van der Waals surface area contributed by atoms with Crippen LogP contribution < -0.4 is 0 Å². The van der Waals surface area contributed by atoms with Crippen molar-refractivity contribution in [3.8, 4) is 0 Å². The van der Waals surface area contributed by atoms with Gasteiger partial charge < -0.3 is 14.4 Å². The Morgan fingerprint density at radius 1 is 1.03 bits per heavy atom. The van der Waals surface area contributed by atoms with Crippen molar-refractivity contribution in [2.45, 2.75) is 25.9 Å². The maximum atomic E-state index is 12.1. The number of carbonyl (C=O) groups excluding carboxylic acids is 3. The smallest absolute Gasteiger partial charge is 0.409 e. The van der Waals surface area contributed by atoms with Crippen LogP contribution in [0, 0.1) is 10.1 Å². The van der Waals surface area contributed by atoms with Crippen LogP contribution in [0.15, 0.2) is 66.7 Å². The fourth-order valence-electron chi connectivity index (χ4n) is 3.11. The molecule has 9 heteroatoms. The number of rotatable bonds is 5. The number of nitro benzene ring substituents is 1. The molecule has 0 aromatic heterocycles. The van der Waals surface area contributed by atoms with Gasteiger partial charge in [-0.3, -0.25) is 14.9 Å². The number of esters is 1. The van der Waals surface area contributed by atoms with Crippen LogP contribution in [0.25, 0.3) is 0 Å². The fourth-order valence-corrected chi connectivity index (χ4v) is 3.11. The molecule has 174 valence electrons. The van der Waals surface area contributed by atoms with Gasteiger partial charge in [-0.15, -0.1) is 0 Å². The van der Waals surface area contributed by atoms with E-state index in [0.29, 0.717) is 37.1 Å². The number of para-hydroxylation sites is 1. The van der Waals surface area contributed by atoms with Crippen LogP contribution in [0.4, 0.5) is 10.5 Å². The summed E-state index contributed by atoms with van der Waals surface area (Å²) in [4.78, 5) is 46.4. The van der Waals surface area contributed by atoms with Crippen LogP contribution in [0.1, 0.15) is 35.7 Å². The molecule has 0 aliphatic carbocycles. The highest BCUT2D eigenvalue weighted by atomic mass is 16.6. The lowest BCUT2D eigenvalue weighted by Crippen LogP contribution is -2.41. The highest BCUT2D eigenvalue weighted by Crippen LogP contribution is 2.21. The molecule has 9 nitrogen and oxygen atoms in total. The molecule has 0 unspecified atom stereocenters. The average molecular weight is 454 g/mol. The minimum absolute atomic E-state index is 0.115. The average Bonchev–Trinajstić information content (AvgIpc) is 2.84. The molecule has 0 saturated carbocycles. The predicted octanol–water partition coefficient (Wildman–Crippen LogP) is 4.16. The molecule has 3 rings (SSSR count). The molecule has 1 saturated heterocycles. The first-order chi connectivity index (χ1) is 15.7. The molecular weight excluding hydrogens is 428 g/mol. The van der Waals surface area contributed by atoms with Gasteiger partial charge >= 0.3 is 12.1 Å². The second kappa shape index (κ2) is 12.1. The molecule has 1 aliphatic heterocycles. The number of ether oxygens (including phenoxy) is 2. The Balaban J connectivity index is 0.000000234. The maximum absolute atomic E-state index is 12.1. The van der Waals surface area contributed by atoms with Crippen LogP contribution in [0.3, 0.4) is 0 Å². The van der Waals surface area contributed by atoms with E-state index in [-0.39, 0.29) is 35.2 Å². The van der Waals surface area contributed by atoms with E-state index in [4.69, 9.17) is 4.74 Å². The third-order valence-corrected chi connectivity index (χ3v) is 4.88. The zero-order chi connectivity index (χ0) is 24.4. The largest absolute Gasteiger partial charge is 0.459 e. The number of nitrogens with zero attached hydrogens (tertiary/aromatic N) is 2. The summed E-state index contributed by atoms with van der Waals surface area (Å²) >= 11 is 0. The molecule has 0 radical (unpaired) electrons. The lowest BCUT2D eigenvalue weighted by molar-refractivity contribution is -0.385. The van der Waals surface area contributed by atoms with Gasteiger partial charge in [0, 0.05) is 43.1 Å². The van der Waals surface area contributed by atoms with Crippen LogP contribution in [-0.4, -0.2) is 54.0 Å². The van der Waals surface area contributed by atoms with Crippen molar-refractivity contribution in [3.63, 3.8) is 0 Å². The zero-order valence-electron chi connectivity index (χ0n) is 18.6. The number of benzene rings is 2. The Kier molecular flexibility index (Phi) is 9.29. The lowest BCUT2D eigenvalue weighted by atomic mass is 10.0. The van der Waals surface area contributed by atoms with Crippen molar-refractivity contribution in [3.05, 3.63) is 88.0 Å². The summed E-state index contributed by atoms with van der Waals surface area (Å²) in [6.45, 7) is 6.25. The minimum Gasteiger partial charge on any atom is -0.459 e. The molecule has 1 fully saturated rings. The number of piperidine rings is 1. The summed E-state index contributed by atoms with van der Waals surface area (Å²) in [5.74, 6) is -0.700. The van der Waals surface area contributed by atoms with E-state index in [9.17, 15) is 24.5 Å². The van der Waals surface area contributed by atoms with Crippen molar-refractivity contribution >= 4 is 23.5 Å². The molecule has 0 atom stereocenters. The van der Waals surface area contributed by atoms with Crippen molar-refractivity contribution in [1.29, 1.82) is 0 Å². The fraction of sp³-hybridized carbons (Fsp3) is 0.292. The van der Waals surface area contributed by atoms with E-state index >= 15 is 0 Å². The zero-order valence-corrected chi connectivity index (χ0v) is 18.6. The normalized spacial score (nSPS) is 13.2. The SMILES string of the molecule is C=C(C)C(=O)OC1CCN(C(=O)OC)CC1.O=C(c1ccccc1)c1ccccc1[N+](=O)[O-]. The Morgan fingerprint density at radius 2 is 1.61 bits per heavy atom. The third-order valence-electron chi connectivity index (χ3n) is 4.88. The van der Waals surface area contributed by atoms with Gasteiger partial charge in [0.2, 0.25) is 0 Å². The number of carbonyl (C=O) groups is 3. The number of amides is 1. The van der Waals surface area contributed by atoms with Crippen molar-refractivity contribution in [2.75, 3.05) is 20.2 Å². The van der Waals surface area contributed by atoms with E-state index in [1.165, 1.54) is 19.2 Å². The number of hydrogen-bond donors (Lipinski definition) is 0. The molecule has 0 spiro atoms. The van der Waals surface area contributed by atoms with Gasteiger partial charge in [0.25, 0.3) is 5.69 Å². The van der Waals surface area contributed by atoms with Crippen LogP contribution in [-0.2, 0) is 14.3 Å². The molecule has 2 aromatic rings. The Morgan fingerprint density at radius 3 is 2.15 bits per heavy atom. The predicted molar refractivity (Wildman–Crippen MR) is 121 cm³/mol. The summed E-state index contributed by atoms with van der Waals surface area (Å²) in [6.07, 6.45) is 0.845. The molecule has 0 N–H and O–H groups in total. The number of likely N-dealkylation sites (tertiary alicyclic amines) is 1. The molecule has 0 bridgehead atoms. The van der Waals surface area contributed by atoms with Crippen molar-refractivity contribution < 1.29 is 28.8 Å². The van der Waals surface area contributed by atoms with E-state index in [0.717, 1.165) is 0 Å². The van der Waals surface area contributed by atoms with E-state index in [1.807, 2.05) is 0 Å². The first kappa shape index (κ1) is 25.3. The maximum Gasteiger partial charge on any atom is 0.409 e. The molecule has 1 aliphatic rings. The Bertz CT molecular complexity index is 1010. The van der Waals surface area contributed by atoms with Crippen LogP contribution in [0.2, 0.25) is 0 Å². The van der Waals surface area contributed by atoms with Gasteiger partial charge in [-0.2, -0.15) is 0 Å². The van der Waals surface area contributed by atoms with Crippen LogP contribution >= 0.6 is 0 Å². The highest BCUT2D eigenvalue weighted by Gasteiger charge is 2.25. The Labute approximate surface area is 191 Å². The second-order valence-electron chi connectivity index (χ2n) is 7.31. The number of ketones is 1. The highest BCUT2D eigenvalue weighted by molar-refractivity contribution is 6.11. The molecule has 1 amide bonds. The number of nitro groups is 1. The third kappa shape index (κ3) is 7.27. The molecule has 2 aromatic carbocycles. The number of hydrogen-bond acceptors (Lipinski definition) is 7. The summed E-state index contributed by atoms with van der Waals surface area (Å²) in [5, 5.41) is 10.8. The van der Waals surface area contributed by atoms with E-state index < -0.39 is 4.92 Å². The molecule has 33 heavy (non-hydrogen) atoms. The monoisotopic (exact) mass is 454 g/mol. The quantitative estimate of drug-likeness (QED) is 0.219. The second-order valence-corrected chi connectivity index (χ2v) is 7.31. The van der Waals surface area contributed by atoms with Gasteiger partial charge in [-0.05, 0) is 13.0 Å². The molecular formula is C24H26N2O7. The van der Waals surface area contributed by atoms with Gasteiger partial charge in [0.05, 0.1) is 12.0 Å². The van der Waals surface area contributed by atoms with Crippen LogP contribution in [0.5, 0.6) is 0 Å². The van der Waals surface area contributed by atoms with E-state index in [1.54, 1.807) is 54.3 Å². The summed E-state index contributed by atoms with van der Waals surface area (Å²) in [5.41, 5.74) is 0.794. The standard InChI is InChI=1S/C13H9NO3.C11H17NO4/c15-13(10-6-2-1-3-7-10)11-8-4-5-9-12(11)14(16)17;1-8(2)10(13)16-9-4-6-12(7-5-9)11(14)15-3/h1-9H;9H,1,4-7H2,2-3H3. The first-order valence-electron chi connectivity index (χ1n) is 10.3. The Hall–Kier alpha value is -4.01. The minimum atomic E-state index is -0.545. The summed E-state index contributed by atoms with van der Waals surface area (Å²) < 4.78 is 9.81. The first-order valence-corrected chi connectivity index (χ1v) is 10.3. The van der Waals surface area contributed by atoms with Gasteiger partial charge in [-0.25, -0.2) is 9.59 Å². The van der Waals surface area contributed by atoms with Crippen molar-refractivity contribution in [1.82, 2.24) is 4.90 Å². The lowest BCUT2D eigenvalue weighted by Gasteiger charge is -2.30. The van der Waals surface area contributed by atoms with Gasteiger partial charge in [0.1, 0.15) is 11.7 Å². The van der Waals surface area contributed by atoms with Gasteiger partial charge in [0.15, 0.2) is 5.78 Å². The summed E-state index contributed by atoms with van der Waals surface area (Å²) in [6, 6.07) is 14.5. The topological polar surface area (TPSA) is 116 Å². The van der Waals surface area contributed by atoms with Crippen molar-refractivity contribution in [2.24, 2.45) is 0 Å². The summed E-state index contributed by atoms with van der Waals surface area (Å²) in [7, 11) is 1.36. The number of methoxy groups -OCH3 is 1. The van der Waals surface area contributed by atoms with Gasteiger partial charge in [-0.1, -0.05) is 49.0 Å². The molecule has 1 heterocycles.